The zero-order valence-electron chi connectivity index (χ0n) is 14.7. The summed E-state index contributed by atoms with van der Waals surface area (Å²) in [5.74, 6) is -0.0580. The molecule has 1 aliphatic heterocycles. The highest BCUT2D eigenvalue weighted by Crippen LogP contribution is 2.28. The third-order valence-corrected chi connectivity index (χ3v) is 4.15. The van der Waals surface area contributed by atoms with Gasteiger partial charge in [-0.1, -0.05) is 6.07 Å². The summed E-state index contributed by atoms with van der Waals surface area (Å²) >= 11 is 0. The van der Waals surface area contributed by atoms with E-state index in [9.17, 15) is 9.59 Å². The molecule has 7 heteroatoms. The minimum absolute atomic E-state index is 0.0914. The number of benzene rings is 1. The van der Waals surface area contributed by atoms with Gasteiger partial charge in [0.05, 0.1) is 20.1 Å². The number of nitrogens with zero attached hydrogens (tertiary/aromatic N) is 1. The van der Waals surface area contributed by atoms with Crippen LogP contribution in [0.4, 0.5) is 0 Å². The maximum Gasteiger partial charge on any atom is 0.323 e. The molecule has 1 fully saturated rings. The molecule has 1 amide bonds. The lowest BCUT2D eigenvalue weighted by Crippen LogP contribution is -2.46. The Balaban J connectivity index is 1.93. The molecule has 1 aromatic carbocycles. The van der Waals surface area contributed by atoms with Gasteiger partial charge in [-0.25, -0.2) is 0 Å². The van der Waals surface area contributed by atoms with Crippen molar-refractivity contribution < 1.29 is 28.9 Å². The van der Waals surface area contributed by atoms with Crippen molar-refractivity contribution in [3.05, 3.63) is 23.8 Å². The van der Waals surface area contributed by atoms with Gasteiger partial charge >= 0.3 is 5.97 Å². The minimum Gasteiger partial charge on any atom is -0.493 e. The molecule has 7 nitrogen and oxygen atoms in total. The quantitative estimate of drug-likeness (QED) is 0.769. The molecule has 0 radical (unpaired) electrons. The summed E-state index contributed by atoms with van der Waals surface area (Å²) in [5.41, 5.74) is 1.05. The van der Waals surface area contributed by atoms with Gasteiger partial charge in [0.15, 0.2) is 11.5 Å². The number of methoxy groups -OCH3 is 1. The van der Waals surface area contributed by atoms with E-state index >= 15 is 0 Å². The molecule has 0 atom stereocenters. The van der Waals surface area contributed by atoms with Crippen molar-refractivity contribution in [2.45, 2.75) is 32.2 Å². The molecule has 1 aliphatic rings. The highest BCUT2D eigenvalue weighted by Gasteiger charge is 2.27. The molecule has 1 heterocycles. The minimum atomic E-state index is -1.01. The third-order valence-electron chi connectivity index (χ3n) is 4.15. The number of aryl methyl sites for hydroxylation is 1. The molecule has 0 spiro atoms. The molecule has 0 unspecified atom stereocenters. The molecule has 1 aromatic rings. The van der Waals surface area contributed by atoms with Crippen LogP contribution in [0.1, 0.15) is 24.8 Å². The number of hydrogen-bond donors (Lipinski definition) is 1. The van der Waals surface area contributed by atoms with Crippen LogP contribution in [0.5, 0.6) is 11.5 Å². The number of aliphatic carboxylic acids is 1. The second-order valence-electron chi connectivity index (χ2n) is 6.01. The van der Waals surface area contributed by atoms with Gasteiger partial charge in [-0.2, -0.15) is 0 Å². The largest absolute Gasteiger partial charge is 0.493 e. The number of amides is 1. The van der Waals surface area contributed by atoms with Gasteiger partial charge in [0.25, 0.3) is 0 Å². The number of rotatable bonds is 8. The standard InChI is InChI=1S/C18H25NO6/c1-13-3-4-15(16(11-13)23-2)25-10-7-17(20)19(12-18(21)22)14-5-8-24-9-6-14/h3-4,11,14H,5-10,12H2,1-2H3,(H,21,22). The second-order valence-corrected chi connectivity index (χ2v) is 6.01. The van der Waals surface area contributed by atoms with Gasteiger partial charge < -0.3 is 24.2 Å². The van der Waals surface area contributed by atoms with E-state index in [-0.39, 0.29) is 31.5 Å². The van der Waals surface area contributed by atoms with Crippen LogP contribution in [0, 0.1) is 6.92 Å². The van der Waals surface area contributed by atoms with Crippen molar-refractivity contribution in [1.29, 1.82) is 0 Å². The van der Waals surface area contributed by atoms with Crippen LogP contribution in [0.3, 0.4) is 0 Å². The van der Waals surface area contributed by atoms with E-state index in [0.29, 0.717) is 37.6 Å². The van der Waals surface area contributed by atoms with E-state index < -0.39 is 5.97 Å². The lowest BCUT2D eigenvalue weighted by molar-refractivity contribution is -0.148. The van der Waals surface area contributed by atoms with Crippen molar-refractivity contribution in [1.82, 2.24) is 4.90 Å². The fraction of sp³-hybridized carbons (Fsp3) is 0.556. The second kappa shape index (κ2) is 9.27. The van der Waals surface area contributed by atoms with Crippen LogP contribution in [-0.2, 0) is 14.3 Å². The maximum atomic E-state index is 12.5. The Morgan fingerprint density at radius 2 is 2.00 bits per heavy atom. The molecular weight excluding hydrogens is 326 g/mol. The summed E-state index contributed by atoms with van der Waals surface area (Å²) in [4.78, 5) is 25.0. The van der Waals surface area contributed by atoms with Gasteiger partial charge in [0.1, 0.15) is 6.54 Å². The Bertz CT molecular complexity index is 597. The first kappa shape index (κ1) is 19.1. The van der Waals surface area contributed by atoms with Gasteiger partial charge in [-0.3, -0.25) is 9.59 Å². The van der Waals surface area contributed by atoms with Gasteiger partial charge in [0.2, 0.25) is 5.91 Å². The van der Waals surface area contributed by atoms with E-state index in [1.54, 1.807) is 13.2 Å². The summed E-state index contributed by atoms with van der Waals surface area (Å²) in [6.07, 6.45) is 1.43. The van der Waals surface area contributed by atoms with E-state index in [2.05, 4.69) is 0 Å². The lowest BCUT2D eigenvalue weighted by atomic mass is 10.1. The predicted octanol–water partition coefficient (Wildman–Crippen LogP) is 1.86. The Labute approximate surface area is 147 Å². The van der Waals surface area contributed by atoms with E-state index in [1.165, 1.54) is 4.90 Å². The molecule has 1 saturated heterocycles. The molecule has 2 rings (SSSR count). The molecule has 1 N–H and O–H groups in total. The Hall–Kier alpha value is -2.28. The first-order chi connectivity index (χ1) is 12.0. The highest BCUT2D eigenvalue weighted by atomic mass is 16.5. The Morgan fingerprint density at radius 1 is 1.28 bits per heavy atom. The number of hydrogen-bond acceptors (Lipinski definition) is 5. The van der Waals surface area contributed by atoms with E-state index in [4.69, 9.17) is 19.3 Å². The zero-order chi connectivity index (χ0) is 18.2. The third kappa shape index (κ3) is 5.63. The predicted molar refractivity (Wildman–Crippen MR) is 91.0 cm³/mol. The van der Waals surface area contributed by atoms with Crippen molar-refractivity contribution in [3.8, 4) is 11.5 Å². The molecule has 0 aliphatic carbocycles. The average Bonchev–Trinajstić information content (AvgIpc) is 2.61. The number of carbonyl (C=O) groups excluding carboxylic acids is 1. The number of carboxylic acids is 1. The van der Waals surface area contributed by atoms with Crippen molar-refractivity contribution >= 4 is 11.9 Å². The summed E-state index contributed by atoms with van der Waals surface area (Å²) in [6.45, 7) is 2.92. The van der Waals surface area contributed by atoms with Crippen LogP contribution >= 0.6 is 0 Å². The number of carbonyl (C=O) groups is 2. The van der Waals surface area contributed by atoms with Crippen LogP contribution in [0.15, 0.2) is 18.2 Å². The Morgan fingerprint density at radius 3 is 2.64 bits per heavy atom. The molecule has 25 heavy (non-hydrogen) atoms. The number of carboxylic acid groups (broad SMARTS) is 1. The molecule has 0 aromatic heterocycles. The summed E-state index contributed by atoms with van der Waals surface area (Å²) < 4.78 is 16.2. The fourth-order valence-electron chi connectivity index (χ4n) is 2.85. The van der Waals surface area contributed by atoms with Gasteiger partial charge in [0, 0.05) is 19.3 Å². The van der Waals surface area contributed by atoms with Crippen LogP contribution in [0.25, 0.3) is 0 Å². The summed E-state index contributed by atoms with van der Waals surface area (Å²) in [5, 5.41) is 9.09. The molecular formula is C18H25NO6. The van der Waals surface area contributed by atoms with Crippen molar-refractivity contribution in [2.75, 3.05) is 33.5 Å². The zero-order valence-corrected chi connectivity index (χ0v) is 14.7. The van der Waals surface area contributed by atoms with Crippen LogP contribution < -0.4 is 9.47 Å². The molecule has 0 saturated carbocycles. The van der Waals surface area contributed by atoms with Crippen molar-refractivity contribution in [3.63, 3.8) is 0 Å². The summed E-state index contributed by atoms with van der Waals surface area (Å²) in [6, 6.07) is 5.46. The lowest BCUT2D eigenvalue weighted by Gasteiger charge is -2.33. The van der Waals surface area contributed by atoms with Gasteiger partial charge in [-0.05, 0) is 37.5 Å². The first-order valence-electron chi connectivity index (χ1n) is 8.37. The van der Waals surface area contributed by atoms with Crippen molar-refractivity contribution in [2.24, 2.45) is 0 Å². The average molecular weight is 351 g/mol. The first-order valence-corrected chi connectivity index (χ1v) is 8.37. The number of ether oxygens (including phenoxy) is 3. The topological polar surface area (TPSA) is 85.3 Å². The smallest absolute Gasteiger partial charge is 0.323 e. The fourth-order valence-corrected chi connectivity index (χ4v) is 2.85. The molecule has 138 valence electrons. The van der Waals surface area contributed by atoms with Crippen LogP contribution in [0.2, 0.25) is 0 Å². The van der Waals surface area contributed by atoms with Crippen LogP contribution in [-0.4, -0.2) is 61.4 Å². The molecule has 0 bridgehead atoms. The monoisotopic (exact) mass is 351 g/mol. The highest BCUT2D eigenvalue weighted by molar-refractivity contribution is 5.81. The normalized spacial score (nSPS) is 14.8. The maximum absolute atomic E-state index is 12.5. The Kier molecular flexibility index (Phi) is 7.06. The summed E-state index contributed by atoms with van der Waals surface area (Å²) in [7, 11) is 1.56. The SMILES string of the molecule is COc1cc(C)ccc1OCCC(=O)N(CC(=O)O)C1CCOCC1. The van der Waals surface area contributed by atoms with E-state index in [1.807, 2.05) is 19.1 Å². The van der Waals surface area contributed by atoms with E-state index in [0.717, 1.165) is 5.56 Å². The van der Waals surface area contributed by atoms with Gasteiger partial charge in [-0.15, -0.1) is 0 Å².